The van der Waals surface area contributed by atoms with Crippen molar-refractivity contribution in [1.82, 2.24) is 0 Å². The summed E-state index contributed by atoms with van der Waals surface area (Å²) in [6.07, 6.45) is -36.1. The molecular weight excluding hydrogens is 624 g/mol. The van der Waals surface area contributed by atoms with Crippen LogP contribution >= 0.6 is 0 Å². The van der Waals surface area contributed by atoms with Gasteiger partial charge in [0.05, 0.1) is 26.4 Å². The second-order valence-corrected chi connectivity index (χ2v) is 11.1. The number of hydrogen-bond donors (Lipinski definition) is 14. The van der Waals surface area contributed by atoms with Crippen LogP contribution in [0.15, 0.2) is 0 Å². The van der Waals surface area contributed by atoms with E-state index in [0.29, 0.717) is 0 Å². The summed E-state index contributed by atoms with van der Waals surface area (Å²) in [6, 6.07) is 0. The van der Waals surface area contributed by atoms with E-state index >= 15 is 0 Å². The zero-order valence-corrected chi connectivity index (χ0v) is 23.5. The summed E-state index contributed by atoms with van der Waals surface area (Å²) in [4.78, 5) is 0. The molecule has 0 bridgehead atoms. The minimum absolute atomic E-state index is 0.802. The molecule has 4 aliphatic heterocycles. The van der Waals surface area contributed by atoms with Crippen LogP contribution in [0, 0.1) is 0 Å². The molecule has 4 fully saturated rings. The Labute approximate surface area is 254 Å². The van der Waals surface area contributed by atoms with Crippen molar-refractivity contribution in [2.45, 2.75) is 123 Å². The lowest BCUT2D eigenvalue weighted by Crippen LogP contribution is -2.67. The van der Waals surface area contributed by atoms with Gasteiger partial charge >= 0.3 is 0 Å². The summed E-state index contributed by atoms with van der Waals surface area (Å²) in [5, 5.41) is 143. The molecule has 0 aliphatic carbocycles. The van der Waals surface area contributed by atoms with Gasteiger partial charge in [-0.3, -0.25) is 0 Å². The highest BCUT2D eigenvalue weighted by atomic mass is 16.8. The van der Waals surface area contributed by atoms with Crippen molar-refractivity contribution in [3.8, 4) is 0 Å². The third-order valence-corrected chi connectivity index (χ3v) is 8.21. The van der Waals surface area contributed by atoms with Crippen LogP contribution in [-0.4, -0.2) is 221 Å². The Morgan fingerprint density at radius 1 is 0.333 bits per heavy atom. The molecule has 0 aromatic rings. The third-order valence-electron chi connectivity index (χ3n) is 8.21. The van der Waals surface area contributed by atoms with Gasteiger partial charge in [0.25, 0.3) is 0 Å². The molecule has 0 aromatic carbocycles. The second kappa shape index (κ2) is 15.6. The van der Waals surface area contributed by atoms with Crippen LogP contribution < -0.4 is 0 Å². The van der Waals surface area contributed by atoms with Crippen molar-refractivity contribution >= 4 is 0 Å². The molecule has 20 unspecified atom stereocenters. The molecule has 20 atom stereocenters. The van der Waals surface area contributed by atoms with Crippen molar-refractivity contribution in [1.29, 1.82) is 0 Å². The molecule has 264 valence electrons. The molecular formula is C24H42O21. The zero-order chi connectivity index (χ0) is 33.3. The molecule has 0 aromatic heterocycles. The van der Waals surface area contributed by atoms with Crippen molar-refractivity contribution in [2.24, 2.45) is 0 Å². The Hall–Kier alpha value is -0.840. The van der Waals surface area contributed by atoms with Gasteiger partial charge in [0.15, 0.2) is 25.2 Å². The van der Waals surface area contributed by atoms with Crippen LogP contribution in [-0.2, 0) is 33.2 Å². The predicted octanol–water partition coefficient (Wildman–Crippen LogP) is -9.75. The van der Waals surface area contributed by atoms with Crippen LogP contribution in [0.2, 0.25) is 0 Å². The van der Waals surface area contributed by atoms with E-state index in [9.17, 15) is 71.5 Å². The van der Waals surface area contributed by atoms with E-state index in [2.05, 4.69) is 0 Å². The molecule has 21 nitrogen and oxygen atoms in total. The highest BCUT2D eigenvalue weighted by Crippen LogP contribution is 2.34. The van der Waals surface area contributed by atoms with Crippen molar-refractivity contribution < 1.29 is 105 Å². The molecule has 4 saturated heterocycles. The van der Waals surface area contributed by atoms with Gasteiger partial charge in [0.2, 0.25) is 0 Å². The largest absolute Gasteiger partial charge is 0.394 e. The average molecular weight is 667 g/mol. The first-order chi connectivity index (χ1) is 21.3. The van der Waals surface area contributed by atoms with Crippen LogP contribution in [0.25, 0.3) is 0 Å². The number of rotatable bonds is 10. The zero-order valence-electron chi connectivity index (χ0n) is 23.5. The highest BCUT2D eigenvalue weighted by molar-refractivity contribution is 4.97. The fourth-order valence-electron chi connectivity index (χ4n) is 5.53. The Morgan fingerprint density at radius 2 is 0.644 bits per heavy atom. The van der Waals surface area contributed by atoms with Gasteiger partial charge in [-0.1, -0.05) is 0 Å². The lowest BCUT2D eigenvalue weighted by molar-refractivity contribution is -0.389. The van der Waals surface area contributed by atoms with Crippen LogP contribution in [0.4, 0.5) is 0 Å². The Bertz CT molecular complexity index is 916. The van der Waals surface area contributed by atoms with E-state index in [4.69, 9.17) is 33.2 Å². The van der Waals surface area contributed by atoms with Crippen LogP contribution in [0.3, 0.4) is 0 Å². The summed E-state index contributed by atoms with van der Waals surface area (Å²) in [6.45, 7) is -3.42. The molecule has 0 radical (unpaired) electrons. The SMILES string of the molecule is OCC1OC(OC2C(O)C(CO)OC(OC3C(O)C(CO)OC(OC4C(O)C(O)OC(CO)C4O)C3O)C2O)C(O)C(O)C1O. The van der Waals surface area contributed by atoms with E-state index in [0.717, 1.165) is 0 Å². The first kappa shape index (κ1) is 37.0. The minimum Gasteiger partial charge on any atom is -0.394 e. The topological polar surface area (TPSA) is 348 Å². The molecule has 4 heterocycles. The lowest BCUT2D eigenvalue weighted by atomic mass is 9.95. The Morgan fingerprint density at radius 3 is 1.02 bits per heavy atom. The Kier molecular flexibility index (Phi) is 12.8. The summed E-state index contributed by atoms with van der Waals surface area (Å²) < 4.78 is 37.5. The van der Waals surface area contributed by atoms with E-state index in [1.807, 2.05) is 0 Å². The van der Waals surface area contributed by atoms with Gasteiger partial charge in [-0.15, -0.1) is 0 Å². The summed E-state index contributed by atoms with van der Waals surface area (Å²) in [5.41, 5.74) is 0. The molecule has 0 spiro atoms. The fraction of sp³-hybridized carbons (Fsp3) is 1.00. The predicted molar refractivity (Wildman–Crippen MR) is 134 cm³/mol. The minimum atomic E-state index is -2.05. The van der Waals surface area contributed by atoms with E-state index < -0.39 is 149 Å². The van der Waals surface area contributed by atoms with Gasteiger partial charge in [-0.25, -0.2) is 0 Å². The molecule has 0 saturated carbocycles. The second-order valence-electron chi connectivity index (χ2n) is 11.1. The normalized spacial score (nSPS) is 52.9. The number of ether oxygens (including phenoxy) is 7. The van der Waals surface area contributed by atoms with E-state index in [1.54, 1.807) is 0 Å². The molecule has 45 heavy (non-hydrogen) atoms. The van der Waals surface area contributed by atoms with Gasteiger partial charge in [-0.05, 0) is 0 Å². The average Bonchev–Trinajstić information content (AvgIpc) is 3.02. The van der Waals surface area contributed by atoms with Crippen LogP contribution in [0.1, 0.15) is 0 Å². The fourth-order valence-corrected chi connectivity index (χ4v) is 5.53. The lowest BCUT2D eigenvalue weighted by Gasteiger charge is -2.49. The van der Waals surface area contributed by atoms with E-state index in [-0.39, 0.29) is 0 Å². The van der Waals surface area contributed by atoms with Gasteiger partial charge in [0.1, 0.15) is 97.7 Å². The standard InChI is InChI=1S/C24H42O21/c25-1-5-9(29)13(33)14(34)22(40-5)44-19-11(31)7(3-27)42-24(16(19)36)45-20-12(32)8(4-28)41-23(17(20)37)43-18-10(30)6(2-26)39-21(38)15(18)35/h5-38H,1-4H2. The number of aliphatic hydroxyl groups is 14. The van der Waals surface area contributed by atoms with E-state index in [1.165, 1.54) is 0 Å². The maximum Gasteiger partial charge on any atom is 0.187 e. The maximum atomic E-state index is 11.1. The highest BCUT2D eigenvalue weighted by Gasteiger charge is 2.55. The molecule has 14 N–H and O–H groups in total. The quantitative estimate of drug-likeness (QED) is 0.103. The molecule has 21 heteroatoms. The monoisotopic (exact) mass is 666 g/mol. The number of hydrogen-bond acceptors (Lipinski definition) is 21. The maximum absolute atomic E-state index is 11.1. The summed E-state index contributed by atoms with van der Waals surface area (Å²) in [7, 11) is 0. The first-order valence-corrected chi connectivity index (χ1v) is 14.1. The first-order valence-electron chi connectivity index (χ1n) is 14.1. The summed E-state index contributed by atoms with van der Waals surface area (Å²) >= 11 is 0. The Balaban J connectivity index is 1.53. The van der Waals surface area contributed by atoms with Crippen molar-refractivity contribution in [2.75, 3.05) is 26.4 Å². The molecule has 4 rings (SSSR count). The van der Waals surface area contributed by atoms with Gasteiger partial charge < -0.3 is 105 Å². The summed E-state index contributed by atoms with van der Waals surface area (Å²) in [5.74, 6) is 0. The molecule has 0 amide bonds. The van der Waals surface area contributed by atoms with Crippen molar-refractivity contribution in [3.05, 3.63) is 0 Å². The third kappa shape index (κ3) is 7.44. The van der Waals surface area contributed by atoms with Crippen molar-refractivity contribution in [3.63, 3.8) is 0 Å². The number of aliphatic hydroxyl groups excluding tert-OH is 14. The van der Waals surface area contributed by atoms with Gasteiger partial charge in [0, 0.05) is 0 Å². The van der Waals surface area contributed by atoms with Crippen LogP contribution in [0.5, 0.6) is 0 Å². The molecule has 4 aliphatic rings. The smallest absolute Gasteiger partial charge is 0.187 e. The van der Waals surface area contributed by atoms with Gasteiger partial charge in [-0.2, -0.15) is 0 Å².